The molecule has 1 aromatic rings. The molecule has 1 aliphatic rings. The first kappa shape index (κ1) is 17.7. The standard InChI is InChI=1S/C17H23NO4S/c19-16(12-13-6-4-5-7-13)18-15(17(20)21)10-11-23(22)14-8-2-1-3-9-14/h1-3,8-9,13,15H,4-7,10-12H2,(H,18,19)(H,20,21)/t15-,23+/m0/s1. The third-order valence-electron chi connectivity index (χ3n) is 4.18. The molecule has 1 aromatic carbocycles. The number of carboxylic acids is 1. The molecular formula is C17H23NO4S. The second-order valence-electron chi connectivity index (χ2n) is 5.96. The molecule has 0 bridgehead atoms. The molecule has 0 saturated heterocycles. The second-order valence-corrected chi connectivity index (χ2v) is 7.54. The molecule has 0 spiro atoms. The van der Waals surface area contributed by atoms with E-state index in [0.29, 0.717) is 17.2 Å². The molecule has 2 rings (SSSR count). The van der Waals surface area contributed by atoms with Crippen molar-refractivity contribution in [3.05, 3.63) is 30.3 Å². The van der Waals surface area contributed by atoms with Gasteiger partial charge in [-0.3, -0.25) is 9.00 Å². The predicted molar refractivity (Wildman–Crippen MR) is 88.5 cm³/mol. The SMILES string of the molecule is O=C(CC1CCCC1)N[C@@H](CC[S@@](=O)c1ccccc1)C(=O)O. The Balaban J connectivity index is 1.82. The minimum Gasteiger partial charge on any atom is -0.480 e. The minimum atomic E-state index is -1.25. The van der Waals surface area contributed by atoms with Crippen LogP contribution in [0.4, 0.5) is 0 Å². The molecule has 0 heterocycles. The summed E-state index contributed by atoms with van der Waals surface area (Å²) in [6.07, 6.45) is 4.94. The average molecular weight is 337 g/mol. The fourth-order valence-electron chi connectivity index (χ4n) is 2.90. The maximum absolute atomic E-state index is 12.1. The van der Waals surface area contributed by atoms with Gasteiger partial charge in [0.05, 0.1) is 10.8 Å². The number of carbonyl (C=O) groups is 2. The highest BCUT2D eigenvalue weighted by Crippen LogP contribution is 2.27. The van der Waals surface area contributed by atoms with Crippen LogP contribution in [0.1, 0.15) is 38.5 Å². The van der Waals surface area contributed by atoms with Crippen LogP contribution in [0.15, 0.2) is 35.2 Å². The maximum Gasteiger partial charge on any atom is 0.326 e. The van der Waals surface area contributed by atoms with E-state index in [1.807, 2.05) is 6.07 Å². The zero-order valence-electron chi connectivity index (χ0n) is 13.1. The zero-order valence-corrected chi connectivity index (χ0v) is 13.9. The molecule has 1 fully saturated rings. The van der Waals surface area contributed by atoms with Crippen LogP contribution >= 0.6 is 0 Å². The van der Waals surface area contributed by atoms with Crippen LogP contribution in [0.5, 0.6) is 0 Å². The normalized spacial score (nSPS) is 17.6. The third-order valence-corrected chi connectivity index (χ3v) is 5.58. The summed E-state index contributed by atoms with van der Waals surface area (Å²) in [6.45, 7) is 0. The molecular weight excluding hydrogens is 314 g/mol. The number of carbonyl (C=O) groups excluding carboxylic acids is 1. The van der Waals surface area contributed by atoms with E-state index in [2.05, 4.69) is 5.32 Å². The van der Waals surface area contributed by atoms with Gasteiger partial charge in [-0.1, -0.05) is 31.0 Å². The highest BCUT2D eigenvalue weighted by Gasteiger charge is 2.24. The molecule has 0 radical (unpaired) electrons. The largest absolute Gasteiger partial charge is 0.480 e. The van der Waals surface area contributed by atoms with E-state index in [0.717, 1.165) is 25.7 Å². The van der Waals surface area contributed by atoms with Crippen molar-refractivity contribution in [3.63, 3.8) is 0 Å². The summed E-state index contributed by atoms with van der Waals surface area (Å²) in [6, 6.07) is 7.96. The number of hydrogen-bond acceptors (Lipinski definition) is 3. The van der Waals surface area contributed by atoms with E-state index in [1.165, 1.54) is 0 Å². The number of nitrogens with one attached hydrogen (secondary N) is 1. The van der Waals surface area contributed by atoms with Crippen molar-refractivity contribution in [1.82, 2.24) is 5.32 Å². The van der Waals surface area contributed by atoms with Crippen LogP contribution in [-0.4, -0.2) is 33.0 Å². The summed E-state index contributed by atoms with van der Waals surface area (Å²) in [5, 5.41) is 11.8. The Morgan fingerprint density at radius 2 is 1.87 bits per heavy atom. The molecule has 23 heavy (non-hydrogen) atoms. The Labute approximate surface area is 138 Å². The second kappa shape index (κ2) is 8.82. The summed E-state index contributed by atoms with van der Waals surface area (Å²) >= 11 is 0. The lowest BCUT2D eigenvalue weighted by atomic mass is 10.0. The lowest BCUT2D eigenvalue weighted by Crippen LogP contribution is -2.42. The Morgan fingerprint density at radius 1 is 1.22 bits per heavy atom. The molecule has 5 nitrogen and oxygen atoms in total. The van der Waals surface area contributed by atoms with Crippen molar-refractivity contribution < 1.29 is 18.9 Å². The van der Waals surface area contributed by atoms with E-state index >= 15 is 0 Å². The lowest BCUT2D eigenvalue weighted by Gasteiger charge is -2.16. The highest BCUT2D eigenvalue weighted by molar-refractivity contribution is 7.85. The smallest absolute Gasteiger partial charge is 0.326 e. The topological polar surface area (TPSA) is 83.5 Å². The van der Waals surface area contributed by atoms with Crippen LogP contribution in [-0.2, 0) is 20.4 Å². The van der Waals surface area contributed by atoms with E-state index in [4.69, 9.17) is 0 Å². The van der Waals surface area contributed by atoms with Gasteiger partial charge in [0.1, 0.15) is 6.04 Å². The van der Waals surface area contributed by atoms with Gasteiger partial charge in [0.15, 0.2) is 0 Å². The maximum atomic E-state index is 12.1. The minimum absolute atomic E-state index is 0.160. The summed E-state index contributed by atoms with van der Waals surface area (Å²) in [5.74, 6) is -0.697. The first-order valence-electron chi connectivity index (χ1n) is 8.02. The van der Waals surface area contributed by atoms with Gasteiger partial charge in [0, 0.05) is 17.1 Å². The fourth-order valence-corrected chi connectivity index (χ4v) is 4.05. The molecule has 2 N–H and O–H groups in total. The van der Waals surface area contributed by atoms with Crippen LogP contribution in [0.3, 0.4) is 0 Å². The summed E-state index contributed by atoms with van der Waals surface area (Å²) in [5.41, 5.74) is 0. The van der Waals surface area contributed by atoms with E-state index < -0.39 is 22.8 Å². The van der Waals surface area contributed by atoms with Crippen molar-refractivity contribution in [2.24, 2.45) is 5.92 Å². The van der Waals surface area contributed by atoms with Crippen molar-refractivity contribution in [1.29, 1.82) is 0 Å². The van der Waals surface area contributed by atoms with Crippen LogP contribution < -0.4 is 5.32 Å². The molecule has 126 valence electrons. The van der Waals surface area contributed by atoms with Gasteiger partial charge >= 0.3 is 5.97 Å². The van der Waals surface area contributed by atoms with E-state index in [9.17, 15) is 18.9 Å². The van der Waals surface area contributed by atoms with Gasteiger partial charge in [-0.05, 0) is 37.3 Å². The van der Waals surface area contributed by atoms with Crippen molar-refractivity contribution in [2.75, 3.05) is 5.75 Å². The molecule has 2 atom stereocenters. The Kier molecular flexibility index (Phi) is 6.77. The molecule has 0 aromatic heterocycles. The number of aliphatic carboxylic acids is 1. The van der Waals surface area contributed by atoms with Crippen LogP contribution in [0.2, 0.25) is 0 Å². The number of carboxylic acid groups (broad SMARTS) is 1. The summed E-state index contributed by atoms with van der Waals surface area (Å²) in [7, 11) is -1.25. The Bertz CT molecular complexity index is 555. The molecule has 1 aliphatic carbocycles. The first-order chi connectivity index (χ1) is 11.1. The molecule has 6 heteroatoms. The van der Waals surface area contributed by atoms with Crippen LogP contribution in [0.25, 0.3) is 0 Å². The Morgan fingerprint density at radius 3 is 2.48 bits per heavy atom. The van der Waals surface area contributed by atoms with Gasteiger partial charge in [-0.2, -0.15) is 0 Å². The van der Waals surface area contributed by atoms with Crippen molar-refractivity contribution in [3.8, 4) is 0 Å². The number of amides is 1. The Hall–Kier alpha value is -1.69. The van der Waals surface area contributed by atoms with Crippen molar-refractivity contribution >= 4 is 22.7 Å². The molecule has 0 aliphatic heterocycles. The monoisotopic (exact) mass is 337 g/mol. The number of benzene rings is 1. The number of hydrogen-bond donors (Lipinski definition) is 2. The van der Waals surface area contributed by atoms with Crippen molar-refractivity contribution in [2.45, 2.75) is 49.5 Å². The van der Waals surface area contributed by atoms with Crippen LogP contribution in [0, 0.1) is 5.92 Å². The first-order valence-corrected chi connectivity index (χ1v) is 9.33. The average Bonchev–Trinajstić information content (AvgIpc) is 3.04. The third kappa shape index (κ3) is 5.78. The zero-order chi connectivity index (χ0) is 16.7. The summed E-state index contributed by atoms with van der Waals surface area (Å²) in [4.78, 5) is 24.0. The van der Waals surface area contributed by atoms with Gasteiger partial charge < -0.3 is 10.4 Å². The lowest BCUT2D eigenvalue weighted by molar-refractivity contribution is -0.142. The summed E-state index contributed by atoms with van der Waals surface area (Å²) < 4.78 is 12.1. The van der Waals surface area contributed by atoms with Gasteiger partial charge in [-0.15, -0.1) is 0 Å². The highest BCUT2D eigenvalue weighted by atomic mass is 32.2. The van der Waals surface area contributed by atoms with Gasteiger partial charge in [-0.25, -0.2) is 4.79 Å². The number of rotatable bonds is 8. The van der Waals surface area contributed by atoms with E-state index in [-0.39, 0.29) is 18.1 Å². The van der Waals surface area contributed by atoms with Gasteiger partial charge in [0.25, 0.3) is 0 Å². The predicted octanol–water partition coefficient (Wildman–Crippen LogP) is 2.33. The molecule has 1 amide bonds. The molecule has 0 unspecified atom stereocenters. The molecule has 1 saturated carbocycles. The quantitative estimate of drug-likeness (QED) is 0.762. The van der Waals surface area contributed by atoms with Gasteiger partial charge in [0.2, 0.25) is 5.91 Å². The van der Waals surface area contributed by atoms with E-state index in [1.54, 1.807) is 24.3 Å². The fraction of sp³-hybridized carbons (Fsp3) is 0.529.